The summed E-state index contributed by atoms with van der Waals surface area (Å²) in [6.07, 6.45) is 10.5. The lowest BCUT2D eigenvalue weighted by Crippen LogP contribution is -2.35. The molecule has 2 heterocycles. The minimum Gasteiger partial charge on any atom is -0.384 e. The summed E-state index contributed by atoms with van der Waals surface area (Å²) < 4.78 is 34.5. The summed E-state index contributed by atoms with van der Waals surface area (Å²) in [6.45, 7) is 1.27. The maximum absolute atomic E-state index is 14.5. The van der Waals surface area contributed by atoms with E-state index in [4.69, 9.17) is 9.72 Å². The van der Waals surface area contributed by atoms with E-state index in [-0.39, 0.29) is 24.7 Å². The monoisotopic (exact) mass is 413 g/mol. The molecule has 1 saturated carbocycles. The minimum atomic E-state index is -2.77. The summed E-state index contributed by atoms with van der Waals surface area (Å²) in [5, 5.41) is 10.3. The van der Waals surface area contributed by atoms with Crippen molar-refractivity contribution in [1.82, 2.24) is 9.88 Å². The molecular weight excluding hydrogens is 384 g/mol. The highest BCUT2D eigenvalue weighted by molar-refractivity contribution is 5.75. The highest BCUT2D eigenvalue weighted by Gasteiger charge is 2.44. The number of hydrogen-bond donors (Lipinski definition) is 0. The van der Waals surface area contributed by atoms with Crippen LogP contribution in [0.5, 0.6) is 0 Å². The molecule has 4 rings (SSSR count). The van der Waals surface area contributed by atoms with Crippen molar-refractivity contribution in [3.63, 3.8) is 0 Å². The van der Waals surface area contributed by atoms with Crippen molar-refractivity contribution in [2.24, 2.45) is 0 Å². The van der Waals surface area contributed by atoms with Gasteiger partial charge in [0.05, 0.1) is 17.9 Å². The molecule has 2 aliphatic carbocycles. The first-order valence-corrected chi connectivity index (χ1v) is 10.8. The zero-order valence-electron chi connectivity index (χ0n) is 17.8. The van der Waals surface area contributed by atoms with Crippen LogP contribution in [0.2, 0.25) is 0 Å². The van der Waals surface area contributed by atoms with Crippen molar-refractivity contribution in [3.8, 4) is 6.07 Å². The van der Waals surface area contributed by atoms with Crippen molar-refractivity contribution in [3.05, 3.63) is 46.3 Å². The van der Waals surface area contributed by atoms with Crippen molar-refractivity contribution in [2.45, 2.75) is 62.7 Å². The van der Waals surface area contributed by atoms with Gasteiger partial charge < -0.3 is 9.64 Å². The average Bonchev–Trinajstić information content (AvgIpc) is 3.09. The standard InChI is InChI=1S/C24H29F2N3O/c1-29-13-7-3-4-8-20(29)21-17-14-24(25,26)12-9-19(17)28-22(18(21)15-27)23(16-30-2)10-5-6-11-23/h3-4,8H,5-7,9-14,16H2,1-2H3. The van der Waals surface area contributed by atoms with Crippen molar-refractivity contribution < 1.29 is 13.5 Å². The summed E-state index contributed by atoms with van der Waals surface area (Å²) in [7, 11) is 3.65. The number of alkyl halides is 2. The zero-order chi connectivity index (χ0) is 21.4. The fourth-order valence-corrected chi connectivity index (χ4v) is 5.32. The molecule has 160 valence electrons. The minimum absolute atomic E-state index is 0.191. The molecule has 1 aliphatic heterocycles. The summed E-state index contributed by atoms with van der Waals surface area (Å²) in [5.74, 6) is -2.77. The van der Waals surface area contributed by atoms with Gasteiger partial charge in [0.1, 0.15) is 6.07 Å². The molecule has 4 nitrogen and oxygen atoms in total. The molecule has 0 unspecified atom stereocenters. The molecule has 0 saturated heterocycles. The van der Waals surface area contributed by atoms with Crippen molar-refractivity contribution in [2.75, 3.05) is 27.3 Å². The van der Waals surface area contributed by atoms with E-state index in [0.717, 1.165) is 55.7 Å². The Bertz CT molecular complexity index is 923. The Morgan fingerprint density at radius 1 is 1.27 bits per heavy atom. The number of rotatable bonds is 4. The summed E-state index contributed by atoms with van der Waals surface area (Å²) in [4.78, 5) is 7.00. The fourth-order valence-electron chi connectivity index (χ4n) is 5.32. The first-order valence-electron chi connectivity index (χ1n) is 10.8. The molecule has 3 aliphatic rings. The molecule has 30 heavy (non-hydrogen) atoms. The van der Waals surface area contributed by atoms with E-state index in [1.807, 2.05) is 19.2 Å². The van der Waals surface area contributed by atoms with Gasteiger partial charge in [0.25, 0.3) is 5.92 Å². The zero-order valence-corrected chi connectivity index (χ0v) is 17.8. The Hall–Kier alpha value is -2.26. The quantitative estimate of drug-likeness (QED) is 0.714. The van der Waals surface area contributed by atoms with Gasteiger partial charge in [0.2, 0.25) is 0 Å². The first kappa shape index (κ1) is 21.0. The Balaban J connectivity index is 2.00. The highest BCUT2D eigenvalue weighted by Crippen LogP contribution is 2.46. The molecule has 0 N–H and O–H groups in total. The molecule has 6 heteroatoms. The van der Waals surface area contributed by atoms with Gasteiger partial charge in [-0.25, -0.2) is 8.78 Å². The second kappa shape index (κ2) is 8.11. The Morgan fingerprint density at radius 3 is 2.73 bits per heavy atom. The second-order valence-corrected chi connectivity index (χ2v) is 8.89. The third-order valence-electron chi connectivity index (χ3n) is 6.83. The number of pyridine rings is 1. The van der Waals surface area contributed by atoms with Gasteiger partial charge in [0.15, 0.2) is 0 Å². The maximum atomic E-state index is 14.5. The first-order chi connectivity index (χ1) is 14.4. The summed E-state index contributed by atoms with van der Waals surface area (Å²) in [5.41, 5.74) is 3.67. The van der Waals surface area contributed by atoms with Crippen molar-refractivity contribution in [1.29, 1.82) is 5.26 Å². The van der Waals surface area contributed by atoms with Crippen LogP contribution in [-0.2, 0) is 23.0 Å². The predicted molar refractivity (Wildman–Crippen MR) is 112 cm³/mol. The van der Waals surface area contributed by atoms with Crippen molar-refractivity contribution >= 4 is 5.70 Å². The van der Waals surface area contributed by atoms with Crippen LogP contribution in [0.4, 0.5) is 8.78 Å². The highest BCUT2D eigenvalue weighted by atomic mass is 19.3. The third-order valence-corrected chi connectivity index (χ3v) is 6.83. The predicted octanol–water partition coefficient (Wildman–Crippen LogP) is 4.77. The van der Waals surface area contributed by atoms with Crippen LogP contribution in [0.15, 0.2) is 18.2 Å². The smallest absolute Gasteiger partial charge is 0.252 e. The number of ether oxygens (including phenoxy) is 1. The fraction of sp³-hybridized carbons (Fsp3) is 0.583. The van der Waals surface area contributed by atoms with E-state index in [1.54, 1.807) is 7.11 Å². The number of allylic oxidation sites excluding steroid dienone is 2. The molecule has 0 amide bonds. The summed E-state index contributed by atoms with van der Waals surface area (Å²) >= 11 is 0. The number of nitrogens with zero attached hydrogens (tertiary/aromatic N) is 3. The van der Waals surface area contributed by atoms with Crippen LogP contribution >= 0.6 is 0 Å². The molecule has 0 bridgehead atoms. The molecular formula is C24H29F2N3O. The molecule has 1 aromatic rings. The number of halogens is 2. The number of aryl methyl sites for hydroxylation is 1. The lowest BCUT2D eigenvalue weighted by Gasteiger charge is -2.35. The largest absolute Gasteiger partial charge is 0.384 e. The normalized spacial score (nSPS) is 22.2. The summed E-state index contributed by atoms with van der Waals surface area (Å²) in [6, 6.07) is 2.39. The molecule has 0 atom stereocenters. The third kappa shape index (κ3) is 3.65. The lowest BCUT2D eigenvalue weighted by atomic mass is 9.77. The van der Waals surface area contributed by atoms with E-state index < -0.39 is 5.92 Å². The van der Waals surface area contributed by atoms with Gasteiger partial charge in [-0.15, -0.1) is 0 Å². The van der Waals surface area contributed by atoms with Gasteiger partial charge in [-0.1, -0.05) is 25.0 Å². The maximum Gasteiger partial charge on any atom is 0.252 e. The van der Waals surface area contributed by atoms with Gasteiger partial charge in [-0.2, -0.15) is 5.26 Å². The molecule has 0 radical (unpaired) electrons. The Morgan fingerprint density at radius 2 is 2.03 bits per heavy atom. The number of nitriles is 1. The van der Waals surface area contributed by atoms with Gasteiger partial charge in [0, 0.05) is 55.9 Å². The number of aromatic nitrogens is 1. The number of hydrogen-bond acceptors (Lipinski definition) is 4. The van der Waals surface area contributed by atoms with Gasteiger partial charge in [-0.05, 0) is 37.3 Å². The van der Waals surface area contributed by atoms with Crippen LogP contribution in [0.3, 0.4) is 0 Å². The average molecular weight is 414 g/mol. The van der Waals surface area contributed by atoms with E-state index in [2.05, 4.69) is 17.0 Å². The SMILES string of the molecule is COCC1(c2nc3c(c(C4=CC=CCCN4C)c2C#N)CC(F)(F)CC3)CCCC1. The van der Waals surface area contributed by atoms with Crippen LogP contribution < -0.4 is 0 Å². The van der Waals surface area contributed by atoms with Crippen LogP contribution in [0.25, 0.3) is 5.70 Å². The van der Waals surface area contributed by atoms with E-state index in [0.29, 0.717) is 23.3 Å². The van der Waals surface area contributed by atoms with Crippen LogP contribution in [0, 0.1) is 11.3 Å². The molecule has 1 fully saturated rings. The van der Waals surface area contributed by atoms with Gasteiger partial charge >= 0.3 is 0 Å². The lowest BCUT2D eigenvalue weighted by molar-refractivity contribution is -0.0130. The number of fused-ring (bicyclic) bond motifs is 1. The molecule has 0 spiro atoms. The van der Waals surface area contributed by atoms with Crippen LogP contribution in [0.1, 0.15) is 66.6 Å². The van der Waals surface area contributed by atoms with Gasteiger partial charge in [-0.3, -0.25) is 4.98 Å². The van der Waals surface area contributed by atoms with E-state index in [1.165, 1.54) is 0 Å². The molecule has 1 aromatic heterocycles. The van der Waals surface area contributed by atoms with E-state index in [9.17, 15) is 14.0 Å². The Labute approximate surface area is 177 Å². The topological polar surface area (TPSA) is 49.1 Å². The number of methoxy groups -OCH3 is 1. The Kier molecular flexibility index (Phi) is 5.67. The van der Waals surface area contributed by atoms with Crippen LogP contribution in [-0.4, -0.2) is 43.1 Å². The van der Waals surface area contributed by atoms with E-state index >= 15 is 0 Å². The molecule has 0 aromatic carbocycles. The second-order valence-electron chi connectivity index (χ2n) is 8.89.